The Hall–Kier alpha value is -2.17. The average molecular weight is 260 g/mol. The molecule has 5 nitrogen and oxygen atoms in total. The SMILES string of the molecule is CCc1nnc(C(=O)CCOc2ccc(C)cc2)o1. The Morgan fingerprint density at radius 1 is 1.26 bits per heavy atom. The predicted molar refractivity (Wildman–Crippen MR) is 69.3 cm³/mol. The molecule has 100 valence electrons. The van der Waals surface area contributed by atoms with Gasteiger partial charge in [0.2, 0.25) is 11.7 Å². The molecule has 0 radical (unpaired) electrons. The molecule has 0 unspecified atom stereocenters. The van der Waals surface area contributed by atoms with Gasteiger partial charge in [0.1, 0.15) is 5.75 Å². The van der Waals surface area contributed by atoms with Crippen LogP contribution >= 0.6 is 0 Å². The van der Waals surface area contributed by atoms with Gasteiger partial charge in [0.15, 0.2) is 0 Å². The Morgan fingerprint density at radius 2 is 2.00 bits per heavy atom. The first-order valence-electron chi connectivity index (χ1n) is 6.24. The summed E-state index contributed by atoms with van der Waals surface area (Å²) >= 11 is 0. The van der Waals surface area contributed by atoms with Crippen molar-refractivity contribution in [2.24, 2.45) is 0 Å². The van der Waals surface area contributed by atoms with Crippen LogP contribution < -0.4 is 4.74 Å². The van der Waals surface area contributed by atoms with E-state index in [1.165, 1.54) is 5.56 Å². The Morgan fingerprint density at radius 3 is 2.63 bits per heavy atom. The fourth-order valence-electron chi connectivity index (χ4n) is 1.51. The van der Waals surface area contributed by atoms with Crippen molar-refractivity contribution >= 4 is 5.78 Å². The van der Waals surface area contributed by atoms with E-state index in [0.717, 1.165) is 5.75 Å². The normalized spacial score (nSPS) is 10.4. The lowest BCUT2D eigenvalue weighted by atomic mass is 10.2. The van der Waals surface area contributed by atoms with E-state index in [4.69, 9.17) is 9.15 Å². The first-order valence-corrected chi connectivity index (χ1v) is 6.24. The zero-order valence-corrected chi connectivity index (χ0v) is 11.0. The number of benzene rings is 1. The molecule has 1 aromatic heterocycles. The highest BCUT2D eigenvalue weighted by Crippen LogP contribution is 2.12. The maximum Gasteiger partial charge on any atom is 0.284 e. The standard InChI is InChI=1S/C14H16N2O3/c1-3-13-15-16-14(19-13)12(17)8-9-18-11-6-4-10(2)5-7-11/h4-7H,3,8-9H2,1-2H3. The van der Waals surface area contributed by atoms with Crippen LogP contribution in [0.25, 0.3) is 0 Å². The highest BCUT2D eigenvalue weighted by atomic mass is 16.5. The molecule has 0 atom stereocenters. The van der Waals surface area contributed by atoms with E-state index in [1.807, 2.05) is 38.1 Å². The molecular weight excluding hydrogens is 244 g/mol. The van der Waals surface area contributed by atoms with Crippen LogP contribution in [0.2, 0.25) is 0 Å². The summed E-state index contributed by atoms with van der Waals surface area (Å²) < 4.78 is 10.7. The maximum atomic E-state index is 11.7. The Labute approximate surface area is 111 Å². The first kappa shape index (κ1) is 13.3. The molecular formula is C14H16N2O3. The molecule has 2 rings (SSSR count). The number of rotatable bonds is 6. The number of Topliss-reactive ketones (excluding diaryl/α,β-unsaturated/α-hetero) is 1. The summed E-state index contributed by atoms with van der Waals surface area (Å²) in [5.74, 6) is 1.09. The van der Waals surface area contributed by atoms with Crippen molar-refractivity contribution in [3.63, 3.8) is 0 Å². The van der Waals surface area contributed by atoms with Crippen LogP contribution in [0.3, 0.4) is 0 Å². The molecule has 0 saturated heterocycles. The summed E-state index contributed by atoms with van der Waals surface area (Å²) in [4.78, 5) is 11.7. The maximum absolute atomic E-state index is 11.7. The molecule has 0 aliphatic carbocycles. The third kappa shape index (κ3) is 3.64. The second kappa shape index (κ2) is 6.13. The van der Waals surface area contributed by atoms with E-state index in [0.29, 0.717) is 18.9 Å². The van der Waals surface area contributed by atoms with Gasteiger partial charge in [-0.1, -0.05) is 24.6 Å². The minimum absolute atomic E-state index is 0.0596. The average Bonchev–Trinajstić information content (AvgIpc) is 2.90. The third-order valence-corrected chi connectivity index (χ3v) is 2.63. The van der Waals surface area contributed by atoms with E-state index in [-0.39, 0.29) is 18.1 Å². The molecule has 1 heterocycles. The summed E-state index contributed by atoms with van der Waals surface area (Å²) in [6.07, 6.45) is 0.847. The minimum Gasteiger partial charge on any atom is -0.493 e. The Bertz CT molecular complexity index is 546. The summed E-state index contributed by atoms with van der Waals surface area (Å²) in [6, 6.07) is 7.68. The molecule has 19 heavy (non-hydrogen) atoms. The molecule has 0 N–H and O–H groups in total. The van der Waals surface area contributed by atoms with E-state index in [2.05, 4.69) is 10.2 Å². The predicted octanol–water partition coefficient (Wildman–Crippen LogP) is 2.59. The molecule has 5 heteroatoms. The highest BCUT2D eigenvalue weighted by molar-refractivity contribution is 5.91. The van der Waals surface area contributed by atoms with Gasteiger partial charge in [0.05, 0.1) is 13.0 Å². The van der Waals surface area contributed by atoms with E-state index >= 15 is 0 Å². The van der Waals surface area contributed by atoms with Gasteiger partial charge in [-0.05, 0) is 19.1 Å². The van der Waals surface area contributed by atoms with Crippen LogP contribution in [0, 0.1) is 6.92 Å². The number of carbonyl (C=O) groups excluding carboxylic acids is 1. The minimum atomic E-state index is -0.195. The topological polar surface area (TPSA) is 65.2 Å². The smallest absolute Gasteiger partial charge is 0.284 e. The van der Waals surface area contributed by atoms with Crippen LogP contribution in [0.5, 0.6) is 5.75 Å². The third-order valence-electron chi connectivity index (χ3n) is 2.63. The number of carbonyl (C=O) groups is 1. The quantitative estimate of drug-likeness (QED) is 0.747. The van der Waals surface area contributed by atoms with Gasteiger partial charge >= 0.3 is 0 Å². The summed E-state index contributed by atoms with van der Waals surface area (Å²) in [5.41, 5.74) is 1.17. The number of ether oxygens (including phenoxy) is 1. The van der Waals surface area contributed by atoms with Crippen LogP contribution in [0.4, 0.5) is 0 Å². The van der Waals surface area contributed by atoms with E-state index < -0.39 is 0 Å². The Kier molecular flexibility index (Phi) is 4.28. The number of hydrogen-bond donors (Lipinski definition) is 0. The fraction of sp³-hybridized carbons (Fsp3) is 0.357. The second-order valence-corrected chi connectivity index (χ2v) is 4.19. The van der Waals surface area contributed by atoms with E-state index in [1.54, 1.807) is 0 Å². The van der Waals surface area contributed by atoms with Crippen molar-refractivity contribution in [3.05, 3.63) is 41.6 Å². The molecule has 0 saturated carbocycles. The van der Waals surface area contributed by atoms with Gasteiger partial charge in [-0.15, -0.1) is 10.2 Å². The monoisotopic (exact) mass is 260 g/mol. The Balaban J connectivity index is 1.82. The lowest BCUT2D eigenvalue weighted by Crippen LogP contribution is -2.07. The molecule has 0 amide bonds. The summed E-state index contributed by atoms with van der Waals surface area (Å²) in [7, 11) is 0. The molecule has 0 aliphatic rings. The van der Waals surface area contributed by atoms with Crippen molar-refractivity contribution in [2.75, 3.05) is 6.61 Å². The van der Waals surface area contributed by atoms with Crippen molar-refractivity contribution < 1.29 is 13.9 Å². The number of hydrogen-bond acceptors (Lipinski definition) is 5. The number of aromatic nitrogens is 2. The van der Waals surface area contributed by atoms with Gasteiger partial charge in [-0.3, -0.25) is 4.79 Å². The van der Waals surface area contributed by atoms with Gasteiger partial charge in [-0.25, -0.2) is 0 Å². The molecule has 0 fully saturated rings. The van der Waals surface area contributed by atoms with Gasteiger partial charge in [0, 0.05) is 6.42 Å². The molecule has 0 bridgehead atoms. The number of aryl methyl sites for hydroxylation is 2. The number of nitrogens with zero attached hydrogens (tertiary/aromatic N) is 2. The van der Waals surface area contributed by atoms with Crippen molar-refractivity contribution in [3.8, 4) is 5.75 Å². The number of ketones is 1. The largest absolute Gasteiger partial charge is 0.493 e. The van der Waals surface area contributed by atoms with Crippen LogP contribution in [0.1, 0.15) is 35.5 Å². The van der Waals surface area contributed by atoms with Crippen LogP contribution in [-0.2, 0) is 6.42 Å². The highest BCUT2D eigenvalue weighted by Gasteiger charge is 2.13. The zero-order valence-electron chi connectivity index (χ0n) is 11.0. The zero-order chi connectivity index (χ0) is 13.7. The lowest BCUT2D eigenvalue weighted by Gasteiger charge is -2.04. The summed E-state index contributed by atoms with van der Waals surface area (Å²) in [6.45, 7) is 4.20. The molecule has 0 spiro atoms. The van der Waals surface area contributed by atoms with Crippen LogP contribution in [-0.4, -0.2) is 22.6 Å². The summed E-state index contributed by atoms with van der Waals surface area (Å²) in [5, 5.41) is 7.46. The molecule has 1 aromatic carbocycles. The lowest BCUT2D eigenvalue weighted by molar-refractivity contribution is 0.0926. The van der Waals surface area contributed by atoms with Gasteiger partial charge in [-0.2, -0.15) is 0 Å². The molecule has 0 aliphatic heterocycles. The van der Waals surface area contributed by atoms with Crippen LogP contribution in [0.15, 0.2) is 28.7 Å². The van der Waals surface area contributed by atoms with Crippen molar-refractivity contribution in [1.82, 2.24) is 10.2 Å². The fourth-order valence-corrected chi connectivity index (χ4v) is 1.51. The van der Waals surface area contributed by atoms with Gasteiger partial charge < -0.3 is 9.15 Å². The first-order chi connectivity index (χ1) is 9.19. The molecule has 2 aromatic rings. The van der Waals surface area contributed by atoms with Gasteiger partial charge in [0.25, 0.3) is 5.89 Å². The van der Waals surface area contributed by atoms with E-state index in [9.17, 15) is 4.79 Å². The van der Waals surface area contributed by atoms with Crippen molar-refractivity contribution in [2.45, 2.75) is 26.7 Å². The second-order valence-electron chi connectivity index (χ2n) is 4.19. The van der Waals surface area contributed by atoms with Crippen molar-refractivity contribution in [1.29, 1.82) is 0 Å².